The molecule has 0 spiro atoms. The molecule has 0 saturated carbocycles. The van der Waals surface area contributed by atoms with E-state index in [4.69, 9.17) is 16.7 Å². The molecule has 2 aromatic rings. The van der Waals surface area contributed by atoms with Gasteiger partial charge in [-0.05, 0) is 36.8 Å². The number of pyridine rings is 1. The Morgan fingerprint density at radius 1 is 1.43 bits per heavy atom. The van der Waals surface area contributed by atoms with Crippen molar-refractivity contribution in [3.63, 3.8) is 0 Å². The zero-order chi connectivity index (χ0) is 15.2. The maximum Gasteiger partial charge on any atom is 0.275 e. The molecule has 1 heterocycles. The number of aryl methyl sites for hydroxylation is 1. The SMILES string of the molecule is Cc1ccc(NC(=O)c2ncccc2C#CCO)cc1Cl. The predicted molar refractivity (Wildman–Crippen MR) is 82.3 cm³/mol. The van der Waals surface area contributed by atoms with E-state index in [1.165, 1.54) is 6.20 Å². The minimum Gasteiger partial charge on any atom is -0.384 e. The number of halogens is 1. The Hall–Kier alpha value is -2.35. The van der Waals surface area contributed by atoms with Crippen molar-refractivity contribution in [1.29, 1.82) is 0 Å². The van der Waals surface area contributed by atoms with Crippen molar-refractivity contribution >= 4 is 23.2 Å². The van der Waals surface area contributed by atoms with E-state index >= 15 is 0 Å². The molecule has 2 rings (SSSR count). The topological polar surface area (TPSA) is 62.2 Å². The van der Waals surface area contributed by atoms with Gasteiger partial charge < -0.3 is 10.4 Å². The van der Waals surface area contributed by atoms with E-state index in [1.807, 2.05) is 13.0 Å². The number of aromatic nitrogens is 1. The lowest BCUT2D eigenvalue weighted by Gasteiger charge is -2.07. The van der Waals surface area contributed by atoms with Gasteiger partial charge in [0.25, 0.3) is 5.91 Å². The van der Waals surface area contributed by atoms with E-state index in [0.717, 1.165) is 5.56 Å². The fourth-order valence-electron chi connectivity index (χ4n) is 1.68. The van der Waals surface area contributed by atoms with Crippen molar-refractivity contribution in [1.82, 2.24) is 4.98 Å². The quantitative estimate of drug-likeness (QED) is 0.838. The highest BCUT2D eigenvalue weighted by Gasteiger charge is 2.12. The summed E-state index contributed by atoms with van der Waals surface area (Å²) in [5.74, 6) is 4.83. The fraction of sp³-hybridized carbons (Fsp3) is 0.125. The van der Waals surface area contributed by atoms with Gasteiger partial charge in [0.1, 0.15) is 12.3 Å². The number of amides is 1. The van der Waals surface area contributed by atoms with Crippen LogP contribution in [0.4, 0.5) is 5.69 Å². The predicted octanol–water partition coefficient (Wildman–Crippen LogP) is 2.64. The number of anilines is 1. The first-order chi connectivity index (χ1) is 10.1. The minimum absolute atomic E-state index is 0.204. The normalized spacial score (nSPS) is 9.67. The van der Waals surface area contributed by atoms with Gasteiger partial charge in [0.2, 0.25) is 0 Å². The van der Waals surface area contributed by atoms with Crippen LogP contribution in [0, 0.1) is 18.8 Å². The van der Waals surface area contributed by atoms with E-state index in [0.29, 0.717) is 16.3 Å². The summed E-state index contributed by atoms with van der Waals surface area (Å²) < 4.78 is 0. The van der Waals surface area contributed by atoms with Gasteiger partial charge in [0.15, 0.2) is 0 Å². The molecule has 4 nitrogen and oxygen atoms in total. The third kappa shape index (κ3) is 3.82. The lowest BCUT2D eigenvalue weighted by Crippen LogP contribution is -2.15. The van der Waals surface area contributed by atoms with Gasteiger partial charge in [-0.2, -0.15) is 0 Å². The molecule has 0 saturated heterocycles. The highest BCUT2D eigenvalue weighted by Crippen LogP contribution is 2.20. The second-order valence-electron chi connectivity index (χ2n) is 4.28. The number of hydrogen-bond donors (Lipinski definition) is 2. The second kappa shape index (κ2) is 6.89. The molecular weight excluding hydrogens is 288 g/mol. The van der Waals surface area contributed by atoms with E-state index in [-0.39, 0.29) is 18.2 Å². The molecule has 5 heteroatoms. The number of carbonyl (C=O) groups excluding carboxylic acids is 1. The van der Waals surface area contributed by atoms with Crippen molar-refractivity contribution < 1.29 is 9.90 Å². The van der Waals surface area contributed by atoms with E-state index in [9.17, 15) is 4.79 Å². The van der Waals surface area contributed by atoms with Crippen LogP contribution in [0.1, 0.15) is 21.6 Å². The van der Waals surface area contributed by atoms with E-state index in [2.05, 4.69) is 22.1 Å². The molecule has 0 radical (unpaired) electrons. The number of aliphatic hydroxyl groups excluding tert-OH is 1. The molecule has 0 aliphatic carbocycles. The summed E-state index contributed by atoms with van der Waals surface area (Å²) in [6.07, 6.45) is 1.52. The lowest BCUT2D eigenvalue weighted by atomic mass is 10.1. The summed E-state index contributed by atoms with van der Waals surface area (Å²) >= 11 is 6.03. The average Bonchev–Trinajstić information content (AvgIpc) is 2.49. The van der Waals surface area contributed by atoms with Crippen molar-refractivity contribution in [2.75, 3.05) is 11.9 Å². The third-order valence-corrected chi connectivity index (χ3v) is 3.16. The number of aliphatic hydroxyl groups is 1. The van der Waals surface area contributed by atoms with Gasteiger partial charge in [0.05, 0.1) is 5.56 Å². The van der Waals surface area contributed by atoms with E-state index < -0.39 is 0 Å². The standard InChI is InChI=1S/C16H13ClN2O2/c1-11-6-7-13(10-14(11)17)19-16(21)15-12(5-3-9-20)4-2-8-18-15/h2,4,6-8,10,20H,9H2,1H3,(H,19,21). The monoisotopic (exact) mass is 300 g/mol. The lowest BCUT2D eigenvalue weighted by molar-refractivity contribution is 0.102. The second-order valence-corrected chi connectivity index (χ2v) is 4.68. The van der Waals surface area contributed by atoms with Crippen molar-refractivity contribution in [3.05, 3.63) is 58.4 Å². The molecule has 0 unspecified atom stereocenters. The van der Waals surface area contributed by atoms with Gasteiger partial charge in [0, 0.05) is 16.9 Å². The number of rotatable bonds is 2. The molecule has 1 amide bonds. The summed E-state index contributed by atoms with van der Waals surface area (Å²) in [6, 6.07) is 8.62. The first-order valence-corrected chi connectivity index (χ1v) is 6.62. The highest BCUT2D eigenvalue weighted by molar-refractivity contribution is 6.31. The summed E-state index contributed by atoms with van der Waals surface area (Å²) in [6.45, 7) is 1.61. The van der Waals surface area contributed by atoms with E-state index in [1.54, 1.807) is 24.3 Å². The smallest absolute Gasteiger partial charge is 0.275 e. The first-order valence-electron chi connectivity index (χ1n) is 6.24. The number of benzene rings is 1. The Kier molecular flexibility index (Phi) is 4.94. The zero-order valence-corrected chi connectivity index (χ0v) is 12.1. The summed E-state index contributed by atoms with van der Waals surface area (Å²) in [7, 11) is 0. The van der Waals surface area contributed by atoms with Crippen LogP contribution in [0.25, 0.3) is 0 Å². The Bertz CT molecular complexity index is 733. The molecule has 2 N–H and O–H groups in total. The van der Waals surface area contributed by atoms with Crippen molar-refractivity contribution in [2.24, 2.45) is 0 Å². The maximum atomic E-state index is 12.2. The molecule has 0 fully saturated rings. The van der Waals surface area contributed by atoms with Crippen LogP contribution in [-0.4, -0.2) is 22.6 Å². The molecule has 0 aliphatic heterocycles. The molecule has 1 aromatic carbocycles. The number of nitrogens with one attached hydrogen (secondary N) is 1. The van der Waals surface area contributed by atoms with Crippen LogP contribution in [0.5, 0.6) is 0 Å². The molecular formula is C16H13ClN2O2. The Morgan fingerprint density at radius 3 is 2.95 bits per heavy atom. The summed E-state index contributed by atoms with van der Waals surface area (Å²) in [5.41, 5.74) is 2.18. The largest absolute Gasteiger partial charge is 0.384 e. The van der Waals surface area contributed by atoms with Gasteiger partial charge in [-0.1, -0.05) is 29.5 Å². The number of nitrogens with zero attached hydrogens (tertiary/aromatic N) is 1. The summed E-state index contributed by atoms with van der Waals surface area (Å²) in [5, 5.41) is 12.0. The minimum atomic E-state index is -0.377. The van der Waals surface area contributed by atoms with Crippen LogP contribution >= 0.6 is 11.6 Å². The van der Waals surface area contributed by atoms with Crippen LogP contribution in [-0.2, 0) is 0 Å². The van der Waals surface area contributed by atoms with Crippen molar-refractivity contribution in [3.8, 4) is 11.8 Å². The highest BCUT2D eigenvalue weighted by atomic mass is 35.5. The number of carbonyl (C=O) groups is 1. The van der Waals surface area contributed by atoms with Gasteiger partial charge >= 0.3 is 0 Å². The van der Waals surface area contributed by atoms with Crippen LogP contribution in [0.15, 0.2) is 36.5 Å². The Balaban J connectivity index is 2.26. The Morgan fingerprint density at radius 2 is 2.24 bits per heavy atom. The molecule has 0 atom stereocenters. The van der Waals surface area contributed by atoms with Gasteiger partial charge in [-0.3, -0.25) is 4.79 Å². The van der Waals surface area contributed by atoms with Gasteiger partial charge in [-0.15, -0.1) is 0 Å². The fourth-order valence-corrected chi connectivity index (χ4v) is 1.86. The third-order valence-electron chi connectivity index (χ3n) is 2.75. The van der Waals surface area contributed by atoms with Crippen LogP contribution < -0.4 is 5.32 Å². The van der Waals surface area contributed by atoms with Crippen LogP contribution in [0.3, 0.4) is 0 Å². The molecule has 21 heavy (non-hydrogen) atoms. The molecule has 106 valence electrons. The Labute approximate surface area is 127 Å². The molecule has 0 aliphatic rings. The van der Waals surface area contributed by atoms with Crippen molar-refractivity contribution in [2.45, 2.75) is 6.92 Å². The first kappa shape index (κ1) is 15.0. The number of hydrogen-bond acceptors (Lipinski definition) is 3. The summed E-state index contributed by atoms with van der Waals surface area (Å²) in [4.78, 5) is 16.3. The van der Waals surface area contributed by atoms with Crippen LogP contribution in [0.2, 0.25) is 5.02 Å². The molecule has 0 bridgehead atoms. The maximum absolute atomic E-state index is 12.2. The van der Waals surface area contributed by atoms with Gasteiger partial charge in [-0.25, -0.2) is 4.98 Å². The zero-order valence-electron chi connectivity index (χ0n) is 11.4. The average molecular weight is 301 g/mol. The molecule has 1 aromatic heterocycles.